The van der Waals surface area contributed by atoms with E-state index in [0.717, 1.165) is 0 Å². The Bertz CT molecular complexity index is 555. The zero-order chi connectivity index (χ0) is 13.8. The first-order valence-corrected chi connectivity index (χ1v) is 6.01. The van der Waals surface area contributed by atoms with Gasteiger partial charge in [-0.3, -0.25) is 0 Å². The molecule has 6 nitrogen and oxygen atoms in total. The van der Waals surface area contributed by atoms with E-state index >= 15 is 0 Å². The van der Waals surface area contributed by atoms with Crippen LogP contribution in [0.1, 0.15) is 13.8 Å². The molecule has 1 heterocycles. The van der Waals surface area contributed by atoms with Crippen molar-refractivity contribution in [2.24, 2.45) is 0 Å². The number of nitrogens with zero attached hydrogens (tertiary/aromatic N) is 4. The lowest BCUT2D eigenvalue weighted by atomic mass is 10.2. The molecule has 102 valence electrons. The maximum absolute atomic E-state index is 13.1. The van der Waals surface area contributed by atoms with Crippen molar-refractivity contribution >= 4 is 5.69 Å². The molecule has 0 saturated carbocycles. The minimum Gasteiger partial charge on any atom is -0.396 e. The minimum absolute atomic E-state index is 0.0745. The number of hydrogen-bond donors (Lipinski definition) is 1. The molecule has 0 aliphatic rings. The van der Waals surface area contributed by atoms with Gasteiger partial charge in [0.15, 0.2) is 5.82 Å². The number of rotatable bonds is 5. The van der Waals surface area contributed by atoms with Crippen molar-refractivity contribution < 1.29 is 9.13 Å². The molecule has 2 rings (SSSR count). The molecule has 0 saturated heterocycles. The van der Waals surface area contributed by atoms with E-state index in [1.54, 1.807) is 10.7 Å². The Morgan fingerprint density at radius 2 is 2.21 bits per heavy atom. The number of benzene rings is 1. The maximum Gasteiger partial charge on any atom is 0.182 e. The van der Waals surface area contributed by atoms with Gasteiger partial charge < -0.3 is 10.5 Å². The lowest BCUT2D eigenvalue weighted by molar-refractivity contribution is 0.0709. The first kappa shape index (κ1) is 13.4. The Morgan fingerprint density at radius 3 is 2.89 bits per heavy atom. The largest absolute Gasteiger partial charge is 0.396 e. The Labute approximate surface area is 110 Å². The van der Waals surface area contributed by atoms with Crippen molar-refractivity contribution in [1.29, 1.82) is 0 Å². The molecular formula is C12H16FN5O. The lowest BCUT2D eigenvalue weighted by Crippen LogP contribution is -2.12. The lowest BCUT2D eigenvalue weighted by Gasteiger charge is -2.08. The van der Waals surface area contributed by atoms with Gasteiger partial charge >= 0.3 is 0 Å². The van der Waals surface area contributed by atoms with Gasteiger partial charge in [0.2, 0.25) is 0 Å². The predicted octanol–water partition coefficient (Wildman–Crippen LogP) is 1.49. The summed E-state index contributed by atoms with van der Waals surface area (Å²) in [4.78, 5) is 0. The molecule has 0 spiro atoms. The third-order valence-electron chi connectivity index (χ3n) is 2.54. The molecular weight excluding hydrogens is 249 g/mol. The summed E-state index contributed by atoms with van der Waals surface area (Å²) in [5.41, 5.74) is 6.29. The molecule has 7 heteroatoms. The summed E-state index contributed by atoms with van der Waals surface area (Å²) in [5, 5.41) is 11.4. The molecule has 1 aromatic heterocycles. The molecule has 0 unspecified atom stereocenters. The van der Waals surface area contributed by atoms with Gasteiger partial charge in [-0.2, -0.15) is 0 Å². The molecule has 0 fully saturated rings. The molecule has 1 aromatic carbocycles. The number of nitrogen functional groups attached to an aromatic ring is 1. The van der Waals surface area contributed by atoms with Crippen molar-refractivity contribution in [3.8, 4) is 11.4 Å². The molecule has 0 radical (unpaired) electrons. The van der Waals surface area contributed by atoms with Crippen LogP contribution in [0, 0.1) is 5.82 Å². The van der Waals surface area contributed by atoms with Crippen molar-refractivity contribution in [2.45, 2.75) is 26.5 Å². The highest BCUT2D eigenvalue weighted by molar-refractivity contribution is 5.61. The fourth-order valence-corrected chi connectivity index (χ4v) is 1.62. The second kappa shape index (κ2) is 5.75. The van der Waals surface area contributed by atoms with Crippen LogP contribution >= 0.6 is 0 Å². The van der Waals surface area contributed by atoms with Gasteiger partial charge in [0.05, 0.1) is 24.9 Å². The summed E-state index contributed by atoms with van der Waals surface area (Å²) in [6.07, 6.45) is 0.154. The van der Waals surface area contributed by atoms with Crippen molar-refractivity contribution in [2.75, 3.05) is 12.3 Å². The van der Waals surface area contributed by atoms with Crippen LogP contribution in [0.25, 0.3) is 11.4 Å². The van der Waals surface area contributed by atoms with Gasteiger partial charge in [0.1, 0.15) is 5.82 Å². The number of aromatic nitrogens is 4. The zero-order valence-electron chi connectivity index (χ0n) is 10.9. The Balaban J connectivity index is 2.16. The third kappa shape index (κ3) is 3.25. The van der Waals surface area contributed by atoms with Gasteiger partial charge in [0.25, 0.3) is 0 Å². The fourth-order valence-electron chi connectivity index (χ4n) is 1.62. The van der Waals surface area contributed by atoms with E-state index in [2.05, 4.69) is 15.5 Å². The van der Waals surface area contributed by atoms with E-state index < -0.39 is 5.82 Å². The highest BCUT2D eigenvalue weighted by atomic mass is 19.1. The standard InChI is InChI=1S/C12H16FN5O/c1-8(2)19-6-5-18-12(15-16-17-18)9-3-4-10(13)11(14)7-9/h3-4,7-8H,5-6,14H2,1-2H3. The van der Waals surface area contributed by atoms with Gasteiger partial charge in [0, 0.05) is 5.56 Å². The van der Waals surface area contributed by atoms with Crippen LogP contribution in [0.4, 0.5) is 10.1 Å². The van der Waals surface area contributed by atoms with Crippen LogP contribution in [0.15, 0.2) is 18.2 Å². The Morgan fingerprint density at radius 1 is 1.42 bits per heavy atom. The van der Waals surface area contributed by atoms with Crippen LogP contribution in [0.2, 0.25) is 0 Å². The number of hydrogen-bond acceptors (Lipinski definition) is 5. The van der Waals surface area contributed by atoms with Gasteiger partial charge in [-0.25, -0.2) is 9.07 Å². The Kier molecular flexibility index (Phi) is 4.06. The van der Waals surface area contributed by atoms with Crippen LogP contribution in [0.5, 0.6) is 0 Å². The maximum atomic E-state index is 13.1. The first-order valence-electron chi connectivity index (χ1n) is 6.01. The summed E-state index contributed by atoms with van der Waals surface area (Å²) >= 11 is 0. The van der Waals surface area contributed by atoms with E-state index in [1.807, 2.05) is 13.8 Å². The monoisotopic (exact) mass is 265 g/mol. The third-order valence-corrected chi connectivity index (χ3v) is 2.54. The van der Waals surface area contributed by atoms with E-state index in [9.17, 15) is 4.39 Å². The molecule has 19 heavy (non-hydrogen) atoms. The quantitative estimate of drug-likeness (QED) is 0.828. The van der Waals surface area contributed by atoms with Gasteiger partial charge in [-0.05, 0) is 42.5 Å². The summed E-state index contributed by atoms with van der Waals surface area (Å²) in [6, 6.07) is 4.41. The number of tetrazole rings is 1. The summed E-state index contributed by atoms with van der Waals surface area (Å²) in [7, 11) is 0. The molecule has 2 aromatic rings. The fraction of sp³-hybridized carbons (Fsp3) is 0.417. The van der Waals surface area contributed by atoms with Crippen LogP contribution in [-0.4, -0.2) is 32.9 Å². The summed E-state index contributed by atoms with van der Waals surface area (Å²) in [5.74, 6) is 0.0879. The molecule has 0 bridgehead atoms. The second-order valence-corrected chi connectivity index (χ2v) is 4.38. The van der Waals surface area contributed by atoms with Crippen molar-refractivity contribution in [3.05, 3.63) is 24.0 Å². The Hall–Kier alpha value is -2.02. The minimum atomic E-state index is -0.453. The number of halogens is 1. The zero-order valence-corrected chi connectivity index (χ0v) is 10.9. The molecule has 0 aliphatic carbocycles. The molecule has 0 atom stereocenters. The number of anilines is 1. The van der Waals surface area contributed by atoms with Crippen LogP contribution in [-0.2, 0) is 11.3 Å². The predicted molar refractivity (Wildman–Crippen MR) is 68.7 cm³/mol. The summed E-state index contributed by atoms with van der Waals surface area (Å²) < 4.78 is 20.2. The topological polar surface area (TPSA) is 78.8 Å². The second-order valence-electron chi connectivity index (χ2n) is 4.38. The molecule has 2 N–H and O–H groups in total. The van der Waals surface area contributed by atoms with Gasteiger partial charge in [-0.1, -0.05) is 0 Å². The van der Waals surface area contributed by atoms with E-state index in [1.165, 1.54) is 12.1 Å². The van der Waals surface area contributed by atoms with Crippen molar-refractivity contribution in [1.82, 2.24) is 20.2 Å². The average molecular weight is 265 g/mol. The van der Waals surface area contributed by atoms with Crippen LogP contribution in [0.3, 0.4) is 0 Å². The summed E-state index contributed by atoms with van der Waals surface area (Å²) in [6.45, 7) is 4.95. The molecule has 0 aliphatic heterocycles. The average Bonchev–Trinajstić information content (AvgIpc) is 2.80. The SMILES string of the molecule is CC(C)OCCn1nnnc1-c1ccc(F)c(N)c1. The smallest absolute Gasteiger partial charge is 0.182 e. The van der Waals surface area contributed by atoms with Crippen molar-refractivity contribution in [3.63, 3.8) is 0 Å². The normalized spacial score (nSPS) is 11.2. The van der Waals surface area contributed by atoms with Crippen LogP contribution < -0.4 is 5.73 Å². The van der Waals surface area contributed by atoms with E-state index in [0.29, 0.717) is 24.5 Å². The number of nitrogens with two attached hydrogens (primary N) is 1. The van der Waals surface area contributed by atoms with E-state index in [4.69, 9.17) is 10.5 Å². The van der Waals surface area contributed by atoms with E-state index in [-0.39, 0.29) is 11.8 Å². The first-order chi connectivity index (χ1) is 9.08. The van der Waals surface area contributed by atoms with Gasteiger partial charge in [-0.15, -0.1) is 5.10 Å². The highest BCUT2D eigenvalue weighted by Gasteiger charge is 2.10. The number of ether oxygens (including phenoxy) is 1. The highest BCUT2D eigenvalue weighted by Crippen LogP contribution is 2.20. The molecule has 0 amide bonds.